The first-order valence-electron chi connectivity index (χ1n) is 9.63. The second kappa shape index (κ2) is 8.76. The molecule has 0 aromatic heterocycles. The minimum atomic E-state index is -0.453. The predicted molar refractivity (Wildman–Crippen MR) is 103 cm³/mol. The zero-order chi connectivity index (χ0) is 19.2. The van der Waals surface area contributed by atoms with Gasteiger partial charge < -0.3 is 4.74 Å². The van der Waals surface area contributed by atoms with Crippen LogP contribution in [0.1, 0.15) is 87.6 Å². The van der Waals surface area contributed by atoms with E-state index in [1.807, 2.05) is 0 Å². The van der Waals surface area contributed by atoms with Crippen LogP contribution in [-0.4, -0.2) is 24.1 Å². The van der Waals surface area contributed by atoms with Crippen LogP contribution in [-0.2, 0) is 4.74 Å². The van der Waals surface area contributed by atoms with E-state index in [0.29, 0.717) is 28.9 Å². The number of hydrogen-bond acceptors (Lipinski definition) is 4. The lowest BCUT2D eigenvalue weighted by atomic mass is 9.83. The van der Waals surface area contributed by atoms with E-state index in [1.54, 1.807) is 36.4 Å². The Balaban J connectivity index is 1.65. The third-order valence-electron chi connectivity index (χ3n) is 4.89. The topological polar surface area (TPSA) is 60.4 Å². The molecule has 4 nitrogen and oxygen atoms in total. The summed E-state index contributed by atoms with van der Waals surface area (Å²) < 4.78 is 5.32. The normalized spacial score (nSPS) is 12.5. The van der Waals surface area contributed by atoms with Gasteiger partial charge in [0.2, 0.25) is 0 Å². The fourth-order valence-corrected chi connectivity index (χ4v) is 3.36. The molecule has 0 spiro atoms. The molecule has 140 valence electrons. The fraction of sp³-hybridized carbons (Fsp3) is 0.348. The van der Waals surface area contributed by atoms with Gasteiger partial charge >= 0.3 is 5.97 Å². The number of carbonyl (C=O) groups is 3. The molecule has 4 heteroatoms. The van der Waals surface area contributed by atoms with E-state index in [1.165, 1.54) is 25.3 Å². The van der Waals surface area contributed by atoms with Crippen LogP contribution >= 0.6 is 0 Å². The molecule has 0 heterocycles. The van der Waals surface area contributed by atoms with Crippen molar-refractivity contribution in [3.05, 3.63) is 70.3 Å². The van der Waals surface area contributed by atoms with E-state index in [0.717, 1.165) is 19.3 Å². The van der Waals surface area contributed by atoms with E-state index < -0.39 is 5.97 Å². The van der Waals surface area contributed by atoms with Crippen LogP contribution in [0, 0.1) is 0 Å². The lowest BCUT2D eigenvalue weighted by Gasteiger charge is -2.17. The van der Waals surface area contributed by atoms with Gasteiger partial charge in [-0.3, -0.25) is 9.59 Å². The molecule has 0 aliphatic heterocycles. The van der Waals surface area contributed by atoms with Gasteiger partial charge in [-0.25, -0.2) is 4.79 Å². The maximum Gasteiger partial charge on any atom is 0.338 e. The van der Waals surface area contributed by atoms with Gasteiger partial charge in [-0.2, -0.15) is 0 Å². The smallest absolute Gasteiger partial charge is 0.338 e. The predicted octanol–water partition coefficient (Wildman–Crippen LogP) is 4.98. The van der Waals surface area contributed by atoms with E-state index in [-0.39, 0.29) is 17.1 Å². The molecule has 0 radical (unpaired) electrons. The van der Waals surface area contributed by atoms with Crippen LogP contribution in [0.2, 0.25) is 0 Å². The molecule has 3 rings (SSSR count). The Kier molecular flexibility index (Phi) is 6.17. The van der Waals surface area contributed by atoms with Crippen LogP contribution in [0.15, 0.2) is 42.5 Å². The van der Waals surface area contributed by atoms with Gasteiger partial charge in [0.1, 0.15) is 0 Å². The Hall–Kier alpha value is -2.75. The summed E-state index contributed by atoms with van der Waals surface area (Å²) in [4.78, 5) is 37.6. The second-order valence-electron chi connectivity index (χ2n) is 6.87. The van der Waals surface area contributed by atoms with E-state index in [9.17, 15) is 14.4 Å². The summed E-state index contributed by atoms with van der Waals surface area (Å²) in [5.41, 5.74) is 1.71. The summed E-state index contributed by atoms with van der Waals surface area (Å²) in [5.74, 6) is -0.872. The summed E-state index contributed by atoms with van der Waals surface area (Å²) in [5, 5.41) is 0. The Morgan fingerprint density at radius 1 is 0.778 bits per heavy atom. The molecule has 1 aliphatic rings. The molecule has 0 saturated heterocycles. The number of hydrogen-bond donors (Lipinski definition) is 0. The Labute approximate surface area is 159 Å². The van der Waals surface area contributed by atoms with Gasteiger partial charge in [0, 0.05) is 22.3 Å². The molecule has 0 fully saturated rings. The van der Waals surface area contributed by atoms with E-state index >= 15 is 0 Å². The summed E-state index contributed by atoms with van der Waals surface area (Å²) in [6.45, 7) is 2.55. The third-order valence-corrected chi connectivity index (χ3v) is 4.89. The number of rotatable bonds is 8. The Morgan fingerprint density at radius 2 is 1.37 bits per heavy atom. The highest BCUT2D eigenvalue weighted by Crippen LogP contribution is 2.28. The molecule has 27 heavy (non-hydrogen) atoms. The first kappa shape index (κ1) is 19.0. The first-order valence-corrected chi connectivity index (χ1v) is 9.63. The van der Waals surface area contributed by atoms with Gasteiger partial charge in [0.25, 0.3) is 0 Å². The van der Waals surface area contributed by atoms with Crippen LogP contribution < -0.4 is 0 Å². The van der Waals surface area contributed by atoms with Crippen molar-refractivity contribution >= 4 is 17.5 Å². The van der Waals surface area contributed by atoms with Crippen molar-refractivity contribution in [1.82, 2.24) is 0 Å². The van der Waals surface area contributed by atoms with Crippen molar-refractivity contribution in [1.29, 1.82) is 0 Å². The number of benzene rings is 2. The van der Waals surface area contributed by atoms with Crippen molar-refractivity contribution in [2.75, 3.05) is 6.61 Å². The van der Waals surface area contributed by atoms with E-state index in [2.05, 4.69) is 6.92 Å². The summed E-state index contributed by atoms with van der Waals surface area (Å²) >= 11 is 0. The highest BCUT2D eigenvalue weighted by Gasteiger charge is 2.30. The minimum absolute atomic E-state index is 0.188. The largest absolute Gasteiger partial charge is 0.462 e. The number of fused-ring (bicyclic) bond motifs is 2. The fourth-order valence-electron chi connectivity index (χ4n) is 3.36. The third kappa shape index (κ3) is 4.16. The molecular weight excluding hydrogens is 340 g/mol. The number of unbranched alkanes of at least 4 members (excludes halogenated alkanes) is 5. The zero-order valence-electron chi connectivity index (χ0n) is 15.6. The molecule has 0 unspecified atom stereocenters. The molecule has 0 amide bonds. The lowest BCUT2D eigenvalue weighted by Crippen LogP contribution is -2.21. The molecule has 2 aromatic rings. The highest BCUT2D eigenvalue weighted by atomic mass is 16.5. The van der Waals surface area contributed by atoms with Gasteiger partial charge in [0.15, 0.2) is 11.6 Å². The standard InChI is InChI=1S/C23H24O4/c1-2-3-4-5-6-9-14-27-23(26)16-12-13-19-20(15-16)22(25)18-11-8-7-10-17(18)21(19)24/h7-8,10-13,15H,2-6,9,14H2,1H3. The Morgan fingerprint density at radius 3 is 2.07 bits per heavy atom. The van der Waals surface area contributed by atoms with E-state index in [4.69, 9.17) is 4.74 Å². The van der Waals surface area contributed by atoms with Gasteiger partial charge in [-0.1, -0.05) is 63.3 Å². The molecule has 2 aromatic carbocycles. The highest BCUT2D eigenvalue weighted by molar-refractivity contribution is 6.28. The van der Waals surface area contributed by atoms with Crippen LogP contribution in [0.3, 0.4) is 0 Å². The maximum absolute atomic E-state index is 12.7. The molecule has 0 bridgehead atoms. The SMILES string of the molecule is CCCCCCCCOC(=O)c1ccc2c(c1)C(=O)c1ccccc1C2=O. The monoisotopic (exact) mass is 364 g/mol. The van der Waals surface area contributed by atoms with Crippen molar-refractivity contribution in [2.45, 2.75) is 45.4 Å². The average molecular weight is 364 g/mol. The van der Waals surface area contributed by atoms with Crippen molar-refractivity contribution in [3.8, 4) is 0 Å². The summed E-state index contributed by atoms with van der Waals surface area (Å²) in [6, 6.07) is 11.4. The lowest BCUT2D eigenvalue weighted by molar-refractivity contribution is 0.0497. The number of esters is 1. The van der Waals surface area contributed by atoms with Gasteiger partial charge in [-0.15, -0.1) is 0 Å². The Bertz CT molecular complexity index is 866. The molecule has 0 N–H and O–H groups in total. The van der Waals surface area contributed by atoms with Gasteiger partial charge in [-0.05, 0) is 24.6 Å². The number of carbonyl (C=O) groups excluding carboxylic acids is 3. The average Bonchev–Trinajstić information content (AvgIpc) is 2.70. The molecule has 1 aliphatic carbocycles. The van der Waals surface area contributed by atoms with Crippen molar-refractivity contribution in [2.24, 2.45) is 0 Å². The number of ether oxygens (including phenoxy) is 1. The van der Waals surface area contributed by atoms with Crippen LogP contribution in [0.4, 0.5) is 0 Å². The summed E-state index contributed by atoms with van der Waals surface area (Å²) in [7, 11) is 0. The first-order chi connectivity index (χ1) is 13.1. The van der Waals surface area contributed by atoms with Crippen LogP contribution in [0.25, 0.3) is 0 Å². The van der Waals surface area contributed by atoms with Crippen molar-refractivity contribution < 1.29 is 19.1 Å². The maximum atomic E-state index is 12.7. The number of ketones is 2. The molecule has 0 atom stereocenters. The zero-order valence-corrected chi connectivity index (χ0v) is 15.6. The van der Waals surface area contributed by atoms with Gasteiger partial charge in [0.05, 0.1) is 12.2 Å². The van der Waals surface area contributed by atoms with Crippen molar-refractivity contribution in [3.63, 3.8) is 0 Å². The van der Waals surface area contributed by atoms with Crippen LogP contribution in [0.5, 0.6) is 0 Å². The quantitative estimate of drug-likeness (QED) is 0.418. The minimum Gasteiger partial charge on any atom is -0.462 e. The molecule has 0 saturated carbocycles. The second-order valence-corrected chi connectivity index (χ2v) is 6.87. The molecular formula is C23H24O4. The summed E-state index contributed by atoms with van der Waals surface area (Å²) in [6.07, 6.45) is 6.70.